The van der Waals surface area contributed by atoms with Gasteiger partial charge in [-0.15, -0.1) is 6.42 Å². The van der Waals surface area contributed by atoms with Gasteiger partial charge in [0.05, 0.1) is 19.8 Å². The van der Waals surface area contributed by atoms with E-state index in [1.54, 1.807) is 0 Å². The molecule has 92 valence electrons. The molecule has 0 radical (unpaired) electrons. The van der Waals surface area contributed by atoms with Crippen molar-refractivity contribution in [2.24, 2.45) is 0 Å². The van der Waals surface area contributed by atoms with Crippen LogP contribution < -0.4 is 4.74 Å². The Bertz CT molecular complexity index is 343. The zero-order chi connectivity index (χ0) is 12.3. The van der Waals surface area contributed by atoms with Crippen molar-refractivity contribution in [3.05, 3.63) is 27.8 Å². The molecule has 0 aliphatic rings. The second kappa shape index (κ2) is 9.28. The molecule has 0 atom stereocenters. The summed E-state index contributed by atoms with van der Waals surface area (Å²) in [7, 11) is 0. The number of hydrogen-bond donors (Lipinski definition) is 0. The molecule has 0 saturated carbocycles. The highest BCUT2D eigenvalue weighted by Crippen LogP contribution is 2.13. The largest absolute Gasteiger partial charge is 0.491 e. The predicted octanol–water partition coefficient (Wildman–Crippen LogP) is 2.34. The fourth-order valence-electron chi connectivity index (χ4n) is 1.10. The zero-order valence-electron chi connectivity index (χ0n) is 9.52. The molecule has 1 rings (SSSR count). The maximum atomic E-state index is 5.49. The van der Waals surface area contributed by atoms with Gasteiger partial charge in [0.25, 0.3) is 0 Å². The Kier molecular flexibility index (Phi) is 7.80. The van der Waals surface area contributed by atoms with Gasteiger partial charge in [-0.3, -0.25) is 0 Å². The normalized spacial score (nSPS) is 9.88. The van der Waals surface area contributed by atoms with Crippen LogP contribution in [0.15, 0.2) is 24.3 Å². The van der Waals surface area contributed by atoms with Crippen LogP contribution in [0.2, 0.25) is 0 Å². The van der Waals surface area contributed by atoms with Crippen LogP contribution >= 0.6 is 22.6 Å². The summed E-state index contributed by atoms with van der Waals surface area (Å²) in [6.45, 7) is 2.48. The lowest BCUT2D eigenvalue weighted by molar-refractivity contribution is 0.0462. The van der Waals surface area contributed by atoms with Crippen LogP contribution in [0.5, 0.6) is 5.75 Å². The van der Waals surface area contributed by atoms with E-state index in [9.17, 15) is 0 Å². The van der Waals surface area contributed by atoms with Crippen molar-refractivity contribution in [1.29, 1.82) is 0 Å². The van der Waals surface area contributed by atoms with Gasteiger partial charge in [-0.1, -0.05) is 5.92 Å². The molecule has 0 aromatic heterocycles. The lowest BCUT2D eigenvalue weighted by Gasteiger charge is -2.07. The highest BCUT2D eigenvalue weighted by atomic mass is 127. The maximum absolute atomic E-state index is 5.49. The first-order valence-electron chi connectivity index (χ1n) is 5.30. The standard InChI is InChI=1S/C13H15IO3/c1-2-7-15-8-9-16-10-11-17-13-5-3-12(14)4-6-13/h1,3-6H,7-11H2. The van der Waals surface area contributed by atoms with Gasteiger partial charge in [-0.2, -0.15) is 0 Å². The van der Waals surface area contributed by atoms with Gasteiger partial charge in [-0.25, -0.2) is 0 Å². The number of ether oxygens (including phenoxy) is 3. The zero-order valence-corrected chi connectivity index (χ0v) is 11.7. The first kappa shape index (κ1) is 14.3. The molecule has 0 saturated heterocycles. The summed E-state index contributed by atoms with van der Waals surface area (Å²) in [4.78, 5) is 0. The minimum atomic E-state index is 0.336. The summed E-state index contributed by atoms with van der Waals surface area (Å²) in [5, 5.41) is 0. The molecule has 0 aliphatic heterocycles. The van der Waals surface area contributed by atoms with Crippen LogP contribution in [0.4, 0.5) is 0 Å². The third kappa shape index (κ3) is 7.21. The van der Waals surface area contributed by atoms with Crippen LogP contribution in [0, 0.1) is 15.9 Å². The van der Waals surface area contributed by atoms with E-state index >= 15 is 0 Å². The summed E-state index contributed by atoms with van der Waals surface area (Å²) >= 11 is 2.26. The molecule has 0 heterocycles. The van der Waals surface area contributed by atoms with Crippen molar-refractivity contribution < 1.29 is 14.2 Å². The van der Waals surface area contributed by atoms with Crippen LogP contribution in [-0.4, -0.2) is 33.0 Å². The topological polar surface area (TPSA) is 27.7 Å². The van der Waals surface area contributed by atoms with Crippen molar-refractivity contribution >= 4 is 22.6 Å². The maximum Gasteiger partial charge on any atom is 0.119 e. The van der Waals surface area contributed by atoms with Gasteiger partial charge in [-0.05, 0) is 46.9 Å². The molecule has 4 heteroatoms. The van der Waals surface area contributed by atoms with E-state index < -0.39 is 0 Å². The summed E-state index contributed by atoms with van der Waals surface area (Å²) in [6, 6.07) is 7.89. The van der Waals surface area contributed by atoms with Gasteiger partial charge in [0.15, 0.2) is 0 Å². The quantitative estimate of drug-likeness (QED) is 0.411. The minimum absolute atomic E-state index is 0.336. The van der Waals surface area contributed by atoms with Crippen molar-refractivity contribution in [3.8, 4) is 18.1 Å². The molecular weight excluding hydrogens is 331 g/mol. The van der Waals surface area contributed by atoms with Crippen molar-refractivity contribution in [1.82, 2.24) is 0 Å². The number of rotatable bonds is 8. The Morgan fingerprint density at radius 2 is 1.65 bits per heavy atom. The fraction of sp³-hybridized carbons (Fsp3) is 0.385. The second-order valence-corrected chi connectivity index (χ2v) is 4.42. The molecule has 0 fully saturated rings. The Hall–Kier alpha value is -0.770. The smallest absolute Gasteiger partial charge is 0.119 e. The summed E-state index contributed by atoms with van der Waals surface area (Å²) < 4.78 is 17.0. The first-order valence-corrected chi connectivity index (χ1v) is 6.38. The summed E-state index contributed by atoms with van der Waals surface area (Å²) in [5.41, 5.74) is 0. The highest BCUT2D eigenvalue weighted by Gasteiger charge is 1.94. The van der Waals surface area contributed by atoms with Gasteiger partial charge < -0.3 is 14.2 Å². The number of terminal acetylenes is 1. The molecule has 0 N–H and O–H groups in total. The average Bonchev–Trinajstić information content (AvgIpc) is 2.35. The Morgan fingerprint density at radius 1 is 1.00 bits per heavy atom. The predicted molar refractivity (Wildman–Crippen MR) is 75.1 cm³/mol. The monoisotopic (exact) mass is 346 g/mol. The van der Waals surface area contributed by atoms with E-state index in [-0.39, 0.29) is 0 Å². The SMILES string of the molecule is C#CCOCCOCCOc1ccc(I)cc1. The summed E-state index contributed by atoms with van der Waals surface area (Å²) in [5.74, 6) is 3.25. The lowest BCUT2D eigenvalue weighted by atomic mass is 10.3. The molecular formula is C13H15IO3. The van der Waals surface area contributed by atoms with Gasteiger partial charge in [0.2, 0.25) is 0 Å². The van der Waals surface area contributed by atoms with E-state index in [1.807, 2.05) is 24.3 Å². The second-order valence-electron chi connectivity index (χ2n) is 3.17. The van der Waals surface area contributed by atoms with Crippen molar-refractivity contribution in [3.63, 3.8) is 0 Å². The number of hydrogen-bond acceptors (Lipinski definition) is 3. The van der Waals surface area contributed by atoms with Crippen molar-refractivity contribution in [2.75, 3.05) is 33.0 Å². The molecule has 1 aromatic carbocycles. The van der Waals surface area contributed by atoms with Gasteiger partial charge >= 0.3 is 0 Å². The van der Waals surface area contributed by atoms with E-state index in [4.69, 9.17) is 20.6 Å². The van der Waals surface area contributed by atoms with Crippen LogP contribution in [-0.2, 0) is 9.47 Å². The van der Waals surface area contributed by atoms with Crippen molar-refractivity contribution in [2.45, 2.75) is 0 Å². The Balaban J connectivity index is 1.97. The lowest BCUT2D eigenvalue weighted by Crippen LogP contribution is -2.10. The molecule has 17 heavy (non-hydrogen) atoms. The number of benzene rings is 1. The Labute approximate surface area is 116 Å². The van der Waals surface area contributed by atoms with Gasteiger partial charge in [0, 0.05) is 3.57 Å². The molecule has 0 spiro atoms. The molecule has 3 nitrogen and oxygen atoms in total. The number of halogens is 1. The molecule has 0 aliphatic carbocycles. The van der Waals surface area contributed by atoms with E-state index in [0.717, 1.165) is 5.75 Å². The molecule has 1 aromatic rings. The Morgan fingerprint density at radius 3 is 2.35 bits per heavy atom. The van der Waals surface area contributed by atoms with E-state index in [2.05, 4.69) is 28.5 Å². The third-order valence-corrected chi connectivity index (χ3v) is 2.59. The average molecular weight is 346 g/mol. The fourth-order valence-corrected chi connectivity index (χ4v) is 1.46. The summed E-state index contributed by atoms with van der Waals surface area (Å²) in [6.07, 6.45) is 5.03. The van der Waals surface area contributed by atoms with Crippen LogP contribution in [0.25, 0.3) is 0 Å². The molecule has 0 unspecified atom stereocenters. The third-order valence-electron chi connectivity index (χ3n) is 1.87. The van der Waals surface area contributed by atoms with Crippen LogP contribution in [0.3, 0.4) is 0 Å². The molecule has 0 bridgehead atoms. The van der Waals surface area contributed by atoms with Gasteiger partial charge in [0.1, 0.15) is 19.0 Å². The van der Waals surface area contributed by atoms with Crippen LogP contribution in [0.1, 0.15) is 0 Å². The van der Waals surface area contributed by atoms with E-state index in [1.165, 1.54) is 3.57 Å². The first-order chi connectivity index (χ1) is 8.33. The minimum Gasteiger partial charge on any atom is -0.491 e. The molecule has 0 amide bonds. The highest BCUT2D eigenvalue weighted by molar-refractivity contribution is 14.1. The van der Waals surface area contributed by atoms with E-state index in [0.29, 0.717) is 33.0 Å².